The summed E-state index contributed by atoms with van der Waals surface area (Å²) in [6.45, 7) is 1.74. The molecule has 1 fully saturated rings. The average molecular weight is 430 g/mol. The van der Waals surface area contributed by atoms with Gasteiger partial charge >= 0.3 is 0 Å². The van der Waals surface area contributed by atoms with Gasteiger partial charge in [-0.3, -0.25) is 14.4 Å². The Bertz CT molecular complexity index is 894. The molecule has 3 heterocycles. The first-order chi connectivity index (χ1) is 14.1. The van der Waals surface area contributed by atoms with E-state index in [2.05, 4.69) is 5.32 Å². The summed E-state index contributed by atoms with van der Waals surface area (Å²) in [6.07, 6.45) is 3.07. The molecule has 0 radical (unpaired) electrons. The SMILES string of the molecule is O=C(CN1C(=O)[C@@H](C(=O)N2CCCCC2)Sc2ccccc21)NCc1cccs1. The molecule has 2 aliphatic heterocycles. The predicted molar refractivity (Wildman–Crippen MR) is 115 cm³/mol. The lowest BCUT2D eigenvalue weighted by Gasteiger charge is -2.36. The van der Waals surface area contributed by atoms with Gasteiger partial charge in [0, 0.05) is 22.9 Å². The number of anilines is 1. The number of nitrogens with one attached hydrogen (secondary N) is 1. The third kappa shape index (κ3) is 4.48. The van der Waals surface area contributed by atoms with E-state index >= 15 is 0 Å². The maximum atomic E-state index is 13.2. The molecule has 3 amide bonds. The van der Waals surface area contributed by atoms with Crippen LogP contribution in [0.5, 0.6) is 0 Å². The number of nitrogens with zero attached hydrogens (tertiary/aromatic N) is 2. The van der Waals surface area contributed by atoms with E-state index in [1.165, 1.54) is 16.7 Å². The molecule has 0 bridgehead atoms. The van der Waals surface area contributed by atoms with Gasteiger partial charge in [-0.15, -0.1) is 23.1 Å². The van der Waals surface area contributed by atoms with Crippen LogP contribution in [0.25, 0.3) is 0 Å². The lowest BCUT2D eigenvalue weighted by molar-refractivity contribution is -0.135. The highest BCUT2D eigenvalue weighted by Gasteiger charge is 2.40. The van der Waals surface area contributed by atoms with Crippen molar-refractivity contribution in [3.8, 4) is 0 Å². The third-order valence-corrected chi connectivity index (χ3v) is 7.24. The number of hydrogen-bond donors (Lipinski definition) is 1. The molecular formula is C21H23N3O3S2. The minimum absolute atomic E-state index is 0.0917. The number of rotatable bonds is 5. The van der Waals surface area contributed by atoms with Crippen molar-refractivity contribution in [3.63, 3.8) is 0 Å². The van der Waals surface area contributed by atoms with E-state index < -0.39 is 5.25 Å². The zero-order valence-electron chi connectivity index (χ0n) is 16.0. The third-order valence-electron chi connectivity index (χ3n) is 5.12. The molecule has 8 heteroatoms. The predicted octanol–water partition coefficient (Wildman–Crippen LogP) is 2.88. The molecule has 0 unspecified atom stereocenters. The molecule has 0 saturated carbocycles. The summed E-state index contributed by atoms with van der Waals surface area (Å²) >= 11 is 2.87. The standard InChI is InChI=1S/C21H23N3O3S2/c25-18(22-13-15-7-6-12-28-15)14-24-16-8-2-3-9-17(16)29-19(21(24)27)20(26)23-10-4-1-5-11-23/h2-3,6-9,12,19H,1,4-5,10-11,13-14H2,(H,22,25)/t19-/m1/s1. The second-order valence-electron chi connectivity index (χ2n) is 7.13. The van der Waals surface area contributed by atoms with Crippen LogP contribution in [0.2, 0.25) is 0 Å². The maximum Gasteiger partial charge on any atom is 0.250 e. The number of para-hydroxylation sites is 1. The van der Waals surface area contributed by atoms with Crippen LogP contribution in [0.4, 0.5) is 5.69 Å². The van der Waals surface area contributed by atoms with Crippen LogP contribution in [0.3, 0.4) is 0 Å². The van der Waals surface area contributed by atoms with E-state index in [0.29, 0.717) is 25.3 Å². The number of amides is 3. The minimum atomic E-state index is -0.826. The molecule has 2 aromatic rings. The largest absolute Gasteiger partial charge is 0.350 e. The molecule has 1 N–H and O–H groups in total. The smallest absolute Gasteiger partial charge is 0.250 e. The Kier molecular flexibility index (Phi) is 6.20. The normalized spacial score (nSPS) is 19.0. The van der Waals surface area contributed by atoms with Crippen LogP contribution >= 0.6 is 23.1 Å². The summed E-state index contributed by atoms with van der Waals surface area (Å²) in [7, 11) is 0. The molecule has 1 atom stereocenters. The molecule has 6 nitrogen and oxygen atoms in total. The highest BCUT2D eigenvalue weighted by Crippen LogP contribution is 2.39. The maximum absolute atomic E-state index is 13.2. The van der Waals surface area contributed by atoms with E-state index in [1.54, 1.807) is 16.2 Å². The Morgan fingerprint density at radius 2 is 1.86 bits per heavy atom. The van der Waals surface area contributed by atoms with Gasteiger partial charge in [0.2, 0.25) is 11.8 Å². The number of benzene rings is 1. The van der Waals surface area contributed by atoms with E-state index in [4.69, 9.17) is 0 Å². The van der Waals surface area contributed by atoms with E-state index in [0.717, 1.165) is 29.0 Å². The molecule has 29 heavy (non-hydrogen) atoms. The van der Waals surface area contributed by atoms with Crippen molar-refractivity contribution in [1.82, 2.24) is 10.2 Å². The van der Waals surface area contributed by atoms with E-state index in [-0.39, 0.29) is 24.3 Å². The van der Waals surface area contributed by atoms with Gasteiger partial charge in [0.15, 0.2) is 5.25 Å². The number of thiophene rings is 1. The van der Waals surface area contributed by atoms with Gasteiger partial charge in [0.05, 0.1) is 12.2 Å². The zero-order valence-corrected chi connectivity index (χ0v) is 17.6. The molecular weight excluding hydrogens is 406 g/mol. The number of likely N-dealkylation sites (tertiary alicyclic amines) is 1. The van der Waals surface area contributed by atoms with Crippen molar-refractivity contribution in [3.05, 3.63) is 46.7 Å². The van der Waals surface area contributed by atoms with Crippen molar-refractivity contribution >= 4 is 46.5 Å². The van der Waals surface area contributed by atoms with Gasteiger partial charge in [0.25, 0.3) is 5.91 Å². The Morgan fingerprint density at radius 1 is 1.07 bits per heavy atom. The van der Waals surface area contributed by atoms with Gasteiger partial charge in [0.1, 0.15) is 6.54 Å². The van der Waals surface area contributed by atoms with Gasteiger partial charge in [-0.05, 0) is 42.8 Å². The van der Waals surface area contributed by atoms with Gasteiger partial charge in [-0.2, -0.15) is 0 Å². The fourth-order valence-electron chi connectivity index (χ4n) is 3.62. The molecule has 0 spiro atoms. The number of carbonyl (C=O) groups is 3. The van der Waals surface area contributed by atoms with Crippen LogP contribution in [0.15, 0.2) is 46.7 Å². The summed E-state index contributed by atoms with van der Waals surface area (Å²) in [5.41, 5.74) is 0.691. The lowest BCUT2D eigenvalue weighted by atomic mass is 10.1. The quantitative estimate of drug-likeness (QED) is 0.742. The van der Waals surface area contributed by atoms with Crippen molar-refractivity contribution in [2.75, 3.05) is 24.5 Å². The number of fused-ring (bicyclic) bond motifs is 1. The van der Waals surface area contributed by atoms with Crippen molar-refractivity contribution in [1.29, 1.82) is 0 Å². The average Bonchev–Trinajstić information content (AvgIpc) is 3.28. The Balaban J connectivity index is 1.50. The fraction of sp³-hybridized carbons (Fsp3) is 0.381. The van der Waals surface area contributed by atoms with Gasteiger partial charge in [-0.1, -0.05) is 18.2 Å². The fourth-order valence-corrected chi connectivity index (χ4v) is 5.45. The second-order valence-corrected chi connectivity index (χ2v) is 9.31. The molecule has 2 aliphatic rings. The van der Waals surface area contributed by atoms with Crippen molar-refractivity contribution in [2.45, 2.75) is 36.0 Å². The first kappa shape index (κ1) is 20.0. The van der Waals surface area contributed by atoms with Gasteiger partial charge in [-0.25, -0.2) is 0 Å². The van der Waals surface area contributed by atoms with Crippen LogP contribution in [-0.2, 0) is 20.9 Å². The van der Waals surface area contributed by atoms with E-state index in [9.17, 15) is 14.4 Å². The Morgan fingerprint density at radius 3 is 2.62 bits per heavy atom. The van der Waals surface area contributed by atoms with Gasteiger partial charge < -0.3 is 15.1 Å². The number of piperidine rings is 1. The highest BCUT2D eigenvalue weighted by atomic mass is 32.2. The monoisotopic (exact) mass is 429 g/mol. The number of carbonyl (C=O) groups excluding carboxylic acids is 3. The molecule has 1 saturated heterocycles. The van der Waals surface area contributed by atoms with Crippen LogP contribution < -0.4 is 10.2 Å². The summed E-state index contributed by atoms with van der Waals surface area (Å²) in [4.78, 5) is 44.0. The Hall–Kier alpha value is -2.32. The summed E-state index contributed by atoms with van der Waals surface area (Å²) in [5, 5.41) is 4.00. The first-order valence-electron chi connectivity index (χ1n) is 9.78. The molecule has 0 aliphatic carbocycles. The number of thioether (sulfide) groups is 1. The topological polar surface area (TPSA) is 69.7 Å². The van der Waals surface area contributed by atoms with Crippen LogP contribution in [0, 0.1) is 0 Å². The van der Waals surface area contributed by atoms with Crippen molar-refractivity contribution in [2.24, 2.45) is 0 Å². The van der Waals surface area contributed by atoms with Crippen LogP contribution in [0.1, 0.15) is 24.1 Å². The van der Waals surface area contributed by atoms with E-state index in [1.807, 2.05) is 41.8 Å². The Labute approximate surface area is 178 Å². The lowest BCUT2D eigenvalue weighted by Crippen LogP contribution is -2.52. The first-order valence-corrected chi connectivity index (χ1v) is 11.5. The summed E-state index contributed by atoms with van der Waals surface area (Å²) < 4.78 is 0. The molecule has 4 rings (SSSR count). The molecule has 152 valence electrons. The molecule has 1 aromatic heterocycles. The zero-order chi connectivity index (χ0) is 20.2. The second kappa shape index (κ2) is 9.00. The molecule has 1 aromatic carbocycles. The highest BCUT2D eigenvalue weighted by molar-refractivity contribution is 8.01. The summed E-state index contributed by atoms with van der Waals surface area (Å²) in [6, 6.07) is 11.4. The van der Waals surface area contributed by atoms with Crippen molar-refractivity contribution < 1.29 is 14.4 Å². The van der Waals surface area contributed by atoms with Crippen LogP contribution in [-0.4, -0.2) is 47.5 Å². The minimum Gasteiger partial charge on any atom is -0.350 e. The number of hydrogen-bond acceptors (Lipinski definition) is 5. The summed E-state index contributed by atoms with van der Waals surface area (Å²) in [5.74, 6) is -0.689.